The van der Waals surface area contributed by atoms with Gasteiger partial charge in [0.15, 0.2) is 30.2 Å². The van der Waals surface area contributed by atoms with Gasteiger partial charge in [0.25, 0.3) is 0 Å². The van der Waals surface area contributed by atoms with E-state index in [0.717, 1.165) is 7.11 Å². The number of rotatable bonds is 11. The molecule has 0 aromatic heterocycles. The molecule has 5 atom stereocenters. The van der Waals surface area contributed by atoms with Gasteiger partial charge in [-0.2, -0.15) is 0 Å². The highest BCUT2D eigenvalue weighted by molar-refractivity contribution is 7.48. The molecule has 0 saturated carbocycles. The molecule has 2 fully saturated rings. The van der Waals surface area contributed by atoms with Gasteiger partial charge in [-0.05, 0) is 34.6 Å². The van der Waals surface area contributed by atoms with Crippen LogP contribution in [0, 0.1) is 0 Å². The van der Waals surface area contributed by atoms with Crippen molar-refractivity contribution in [2.24, 2.45) is 0 Å². The molecule has 5 unspecified atom stereocenters. The van der Waals surface area contributed by atoms with Gasteiger partial charge in [-0.3, -0.25) is 31.9 Å². The highest BCUT2D eigenvalue weighted by atomic mass is 31.2. The van der Waals surface area contributed by atoms with Crippen LogP contribution >= 0.6 is 15.6 Å². The molecule has 2 saturated heterocycles. The Morgan fingerprint density at radius 1 is 0.974 bits per heavy atom. The summed E-state index contributed by atoms with van der Waals surface area (Å²) in [6, 6.07) is 0. The fourth-order valence-corrected chi connectivity index (χ4v) is 3.93. The van der Waals surface area contributed by atoms with Crippen molar-refractivity contribution in [1.29, 1.82) is 0 Å². The first-order chi connectivity index (χ1) is 17.6. The average molecular weight is 610 g/mol. The Bertz CT molecular complexity index is 848. The second kappa shape index (κ2) is 19.4. The van der Waals surface area contributed by atoms with Crippen molar-refractivity contribution >= 4 is 39.3 Å². The monoisotopic (exact) mass is 610 g/mol. The van der Waals surface area contributed by atoms with Gasteiger partial charge in [0.1, 0.15) is 0 Å². The van der Waals surface area contributed by atoms with E-state index in [-0.39, 0.29) is 26.4 Å². The third kappa shape index (κ3) is 15.6. The largest absolute Gasteiger partial charge is 0.475 e. The van der Waals surface area contributed by atoms with Gasteiger partial charge >= 0.3 is 33.6 Å². The van der Waals surface area contributed by atoms with Crippen LogP contribution < -0.4 is 0 Å². The number of esters is 3. The van der Waals surface area contributed by atoms with Gasteiger partial charge < -0.3 is 18.9 Å². The molecule has 2 rings (SSSR count). The molecule has 0 radical (unpaired) electrons. The number of hydrogen-bond acceptors (Lipinski definition) is 16. The zero-order valence-electron chi connectivity index (χ0n) is 22.6. The normalized spacial score (nSPS) is 22.6. The minimum Gasteiger partial charge on any atom is -0.453 e. The molecule has 0 aromatic carbocycles. The number of phosphoric ester groups is 2. The maximum absolute atomic E-state index is 12.0. The van der Waals surface area contributed by atoms with Crippen LogP contribution in [0.5, 0.6) is 0 Å². The van der Waals surface area contributed by atoms with Crippen LogP contribution in [0.1, 0.15) is 42.0 Å². The van der Waals surface area contributed by atoms with E-state index in [0.29, 0.717) is 13.2 Å². The summed E-state index contributed by atoms with van der Waals surface area (Å²) < 4.78 is 69.5. The van der Waals surface area contributed by atoms with E-state index in [9.17, 15) is 28.3 Å². The molecular weight excluding hydrogens is 570 g/mol. The molecule has 0 N–H and O–H groups in total. The number of carbonyl (C=O) groups is 4. The van der Waals surface area contributed by atoms with E-state index < -0.39 is 58.0 Å². The summed E-state index contributed by atoms with van der Waals surface area (Å²) in [6.07, 6.45) is -3.59. The van der Waals surface area contributed by atoms with Gasteiger partial charge in [0, 0.05) is 21.3 Å². The van der Waals surface area contributed by atoms with Crippen molar-refractivity contribution < 1.29 is 74.4 Å². The van der Waals surface area contributed by atoms with E-state index >= 15 is 0 Å². The number of phosphoric acid groups is 2. The van der Waals surface area contributed by atoms with E-state index in [1.54, 1.807) is 0 Å². The van der Waals surface area contributed by atoms with Crippen LogP contribution in [0.4, 0.5) is 0 Å². The predicted molar refractivity (Wildman–Crippen MR) is 134 cm³/mol. The van der Waals surface area contributed by atoms with Gasteiger partial charge in [-0.15, -0.1) is 0 Å². The molecule has 0 spiro atoms. The van der Waals surface area contributed by atoms with Gasteiger partial charge in [-0.1, -0.05) is 7.43 Å². The molecular formula is C21H40O16P2. The molecule has 2 aliphatic heterocycles. The quantitative estimate of drug-likeness (QED) is 0.143. The molecule has 0 amide bonds. The minimum atomic E-state index is -3.87. The Hall–Kier alpha value is -1.74. The first-order valence-electron chi connectivity index (χ1n) is 11.2. The fraction of sp³-hybridized carbons (Fsp3) is 0.810. The predicted octanol–water partition coefficient (Wildman–Crippen LogP) is 2.62. The average Bonchev–Trinajstić information content (AvgIpc) is 3.30. The maximum atomic E-state index is 12.0. The second-order valence-electron chi connectivity index (χ2n) is 7.35. The topological polar surface area (TPSA) is 195 Å². The number of ether oxygens (including phenoxy) is 4. The zero-order valence-corrected chi connectivity index (χ0v) is 24.4. The lowest BCUT2D eigenvalue weighted by Crippen LogP contribution is -2.40. The molecule has 16 nitrogen and oxygen atoms in total. The Morgan fingerprint density at radius 3 is 1.82 bits per heavy atom. The van der Waals surface area contributed by atoms with Crippen molar-refractivity contribution in [2.45, 2.75) is 66.5 Å². The van der Waals surface area contributed by atoms with Crippen LogP contribution in [-0.4, -0.2) is 95.9 Å². The number of cyclic esters (lactones) is 2. The number of ketones is 1. The maximum Gasteiger partial charge on any atom is 0.475 e. The summed E-state index contributed by atoms with van der Waals surface area (Å²) in [5, 5.41) is 0. The summed E-state index contributed by atoms with van der Waals surface area (Å²) in [7, 11) is -3.05. The third-order valence-electron chi connectivity index (χ3n) is 4.30. The first-order valence-corrected chi connectivity index (χ1v) is 14.1. The summed E-state index contributed by atoms with van der Waals surface area (Å²) in [5.74, 6) is -2.10. The summed E-state index contributed by atoms with van der Waals surface area (Å²) in [4.78, 5) is 43.9. The lowest BCUT2D eigenvalue weighted by molar-refractivity contribution is -0.191. The SMILES string of the molecule is C.CC1OC(=O)C(C)OC1=O.COCCOP(=O)(OC)OC(C)C(=O)OC(C)C(C)=O.COP1(=O)OCCO1. The van der Waals surface area contributed by atoms with Crippen LogP contribution in [-0.2, 0) is 74.4 Å². The van der Waals surface area contributed by atoms with Crippen LogP contribution in [0.25, 0.3) is 0 Å². The Morgan fingerprint density at radius 2 is 1.46 bits per heavy atom. The minimum absolute atomic E-state index is 0. The number of methoxy groups -OCH3 is 1. The van der Waals surface area contributed by atoms with E-state index in [1.807, 2.05) is 0 Å². The molecule has 230 valence electrons. The highest BCUT2D eigenvalue weighted by Gasteiger charge is 2.33. The molecule has 2 aliphatic rings. The Labute approximate surface area is 228 Å². The molecule has 0 aliphatic carbocycles. The summed E-state index contributed by atoms with van der Waals surface area (Å²) >= 11 is 0. The fourth-order valence-electron chi connectivity index (χ4n) is 2.03. The smallest absolute Gasteiger partial charge is 0.453 e. The molecule has 0 bridgehead atoms. The second-order valence-corrected chi connectivity index (χ2v) is 10.9. The first kappa shape index (κ1) is 39.4. The number of Topliss-reactive ketones (excluding diaryl/α,β-unsaturated/α-hetero) is 1. The highest BCUT2D eigenvalue weighted by Crippen LogP contribution is 2.51. The van der Waals surface area contributed by atoms with E-state index in [4.69, 9.17) is 18.5 Å². The molecule has 18 heteroatoms. The third-order valence-corrected chi connectivity index (χ3v) is 7.27. The van der Waals surface area contributed by atoms with Crippen LogP contribution in [0.3, 0.4) is 0 Å². The van der Waals surface area contributed by atoms with Gasteiger partial charge in [0.05, 0.1) is 26.4 Å². The lowest BCUT2D eigenvalue weighted by Gasteiger charge is -2.22. The number of carbonyl (C=O) groups excluding carboxylic acids is 4. The van der Waals surface area contributed by atoms with Crippen LogP contribution in [0.2, 0.25) is 0 Å². The zero-order chi connectivity index (χ0) is 29.5. The summed E-state index contributed by atoms with van der Waals surface area (Å²) in [6.45, 7) is 7.90. The summed E-state index contributed by atoms with van der Waals surface area (Å²) in [5.41, 5.74) is 0. The van der Waals surface area contributed by atoms with Crippen LogP contribution in [0.15, 0.2) is 0 Å². The number of hydrogen-bond donors (Lipinski definition) is 0. The lowest BCUT2D eigenvalue weighted by atomic mass is 10.3. The standard InChI is InChI=1S/C11H21O8P.C6H8O4.C3H7O4P.CH4/c1-8(12)9(2)18-11(13)10(3)19-20(14,16-5)17-7-6-15-4;1-3-5(7)10-4(2)6(8)9-3;1-5-8(4)6-2-3-7-8;/h9-10H,6-7H2,1-5H3;3-4H,1-2H3;2-3H2,1H3;1H4. The van der Waals surface area contributed by atoms with Crippen molar-refractivity contribution in [3.63, 3.8) is 0 Å². The Kier molecular flexibility index (Phi) is 19.6. The van der Waals surface area contributed by atoms with Gasteiger partial charge in [0.2, 0.25) is 0 Å². The van der Waals surface area contributed by atoms with E-state index in [2.05, 4.69) is 27.6 Å². The van der Waals surface area contributed by atoms with Crippen molar-refractivity contribution in [1.82, 2.24) is 0 Å². The molecule has 2 heterocycles. The van der Waals surface area contributed by atoms with Gasteiger partial charge in [-0.25, -0.2) is 23.5 Å². The van der Waals surface area contributed by atoms with E-state index in [1.165, 1.54) is 48.8 Å². The van der Waals surface area contributed by atoms with Crippen molar-refractivity contribution in [3.05, 3.63) is 0 Å². The Balaban J connectivity index is 0. The molecule has 0 aromatic rings. The van der Waals surface area contributed by atoms with Crippen molar-refractivity contribution in [3.8, 4) is 0 Å². The molecule has 39 heavy (non-hydrogen) atoms. The van der Waals surface area contributed by atoms with Crippen molar-refractivity contribution in [2.75, 3.05) is 47.8 Å².